The molecule has 2 aliphatic rings. The molecule has 1 fully saturated rings. The van der Waals surface area contributed by atoms with Crippen molar-refractivity contribution >= 4 is 43.7 Å². The highest BCUT2D eigenvalue weighted by molar-refractivity contribution is 7.91. The van der Waals surface area contributed by atoms with Crippen LogP contribution < -0.4 is 10.0 Å². The number of amides is 1. The van der Waals surface area contributed by atoms with Gasteiger partial charge in [0, 0.05) is 24.0 Å². The molecule has 0 aromatic carbocycles. The summed E-state index contributed by atoms with van der Waals surface area (Å²) in [6.07, 6.45) is 5.85. The minimum Gasteiger partial charge on any atom is -0.301 e. The van der Waals surface area contributed by atoms with Crippen LogP contribution in [0.5, 0.6) is 0 Å². The fraction of sp³-hybridized carbons (Fsp3) is 0.556. The van der Waals surface area contributed by atoms with E-state index in [4.69, 9.17) is 0 Å². The third kappa shape index (κ3) is 4.80. The Hall–Kier alpha value is -1.33. The number of hydrogen-bond acceptors (Lipinski definition) is 7. The molecule has 2 N–H and O–H groups in total. The lowest BCUT2D eigenvalue weighted by Gasteiger charge is -2.31. The van der Waals surface area contributed by atoms with Crippen molar-refractivity contribution < 1.29 is 13.2 Å². The number of piperidine rings is 1. The number of nitrogens with one attached hydrogen (secondary N) is 2. The Labute approximate surface area is 173 Å². The molecule has 2 aromatic rings. The molecule has 1 saturated heterocycles. The van der Waals surface area contributed by atoms with Gasteiger partial charge in [0.15, 0.2) is 5.13 Å². The Balaban J connectivity index is 1.24. The monoisotopic (exact) mass is 440 g/mol. The molecule has 28 heavy (non-hydrogen) atoms. The average molecular weight is 441 g/mol. The van der Waals surface area contributed by atoms with Gasteiger partial charge in [0.05, 0.1) is 12.2 Å². The van der Waals surface area contributed by atoms with Gasteiger partial charge in [-0.05, 0) is 50.0 Å². The number of fused-ring (bicyclic) bond motifs is 1. The number of carbonyl (C=O) groups is 1. The van der Waals surface area contributed by atoms with Crippen LogP contribution in [-0.4, -0.2) is 49.9 Å². The van der Waals surface area contributed by atoms with Gasteiger partial charge in [0.1, 0.15) is 4.21 Å². The summed E-state index contributed by atoms with van der Waals surface area (Å²) in [5.74, 6) is -0.0521. The summed E-state index contributed by atoms with van der Waals surface area (Å²) in [6, 6.07) is 3.26. The van der Waals surface area contributed by atoms with Crippen molar-refractivity contribution in [2.24, 2.45) is 0 Å². The molecule has 0 spiro atoms. The zero-order chi connectivity index (χ0) is 19.6. The predicted molar refractivity (Wildman–Crippen MR) is 111 cm³/mol. The second kappa shape index (κ2) is 8.58. The Morgan fingerprint density at radius 2 is 2.04 bits per heavy atom. The lowest BCUT2D eigenvalue weighted by Crippen LogP contribution is -2.46. The number of carbonyl (C=O) groups excluding carboxylic acids is 1. The fourth-order valence-corrected chi connectivity index (χ4v) is 7.05. The third-order valence-electron chi connectivity index (χ3n) is 5.13. The SMILES string of the molecule is O=C(CN1CCC(NS(=O)(=O)c2cccs2)CC1)Nc1nc2c(s1)CCCC2. The van der Waals surface area contributed by atoms with Gasteiger partial charge in [-0.3, -0.25) is 9.69 Å². The van der Waals surface area contributed by atoms with E-state index in [0.29, 0.717) is 41.8 Å². The summed E-state index contributed by atoms with van der Waals surface area (Å²) in [4.78, 5) is 20.3. The third-order valence-corrected chi connectivity index (χ3v) is 9.12. The summed E-state index contributed by atoms with van der Waals surface area (Å²) in [5, 5.41) is 5.39. The van der Waals surface area contributed by atoms with Gasteiger partial charge < -0.3 is 5.32 Å². The van der Waals surface area contributed by atoms with Gasteiger partial charge in [0.25, 0.3) is 0 Å². The predicted octanol–water partition coefficient (Wildman–Crippen LogP) is 2.46. The van der Waals surface area contributed by atoms with E-state index >= 15 is 0 Å². The molecular formula is C18H24N4O3S3. The molecule has 0 atom stereocenters. The van der Waals surface area contributed by atoms with E-state index < -0.39 is 10.0 Å². The van der Waals surface area contributed by atoms with Crippen LogP contribution in [0.3, 0.4) is 0 Å². The van der Waals surface area contributed by atoms with Crippen LogP contribution in [0.4, 0.5) is 5.13 Å². The molecular weight excluding hydrogens is 416 g/mol. The van der Waals surface area contributed by atoms with Gasteiger partial charge in [-0.15, -0.1) is 22.7 Å². The van der Waals surface area contributed by atoms with Crippen molar-refractivity contribution in [3.63, 3.8) is 0 Å². The zero-order valence-electron chi connectivity index (χ0n) is 15.5. The largest absolute Gasteiger partial charge is 0.301 e. The number of sulfonamides is 1. The first-order valence-electron chi connectivity index (χ1n) is 9.56. The van der Waals surface area contributed by atoms with Crippen LogP contribution in [0, 0.1) is 0 Å². The first-order chi connectivity index (χ1) is 13.5. The number of anilines is 1. The van der Waals surface area contributed by atoms with E-state index in [0.717, 1.165) is 18.5 Å². The highest BCUT2D eigenvalue weighted by Crippen LogP contribution is 2.29. The summed E-state index contributed by atoms with van der Waals surface area (Å²) < 4.78 is 27.8. The van der Waals surface area contributed by atoms with Crippen molar-refractivity contribution in [3.8, 4) is 0 Å². The Morgan fingerprint density at radius 1 is 1.25 bits per heavy atom. The number of thiophene rings is 1. The van der Waals surface area contributed by atoms with Crippen LogP contribution in [0.25, 0.3) is 0 Å². The number of thiazole rings is 1. The van der Waals surface area contributed by atoms with Crippen molar-refractivity contribution in [3.05, 3.63) is 28.1 Å². The van der Waals surface area contributed by atoms with Gasteiger partial charge in [-0.25, -0.2) is 18.1 Å². The molecule has 1 amide bonds. The molecule has 3 heterocycles. The standard InChI is InChI=1S/C18H24N4O3S3/c23-16(20-18-19-14-4-1-2-5-15(14)27-18)12-22-9-7-13(8-10-22)21-28(24,25)17-6-3-11-26-17/h3,6,11,13,21H,1-2,4-5,7-10,12H2,(H,19,20,23). The maximum absolute atomic E-state index is 12.4. The molecule has 4 rings (SSSR count). The van der Waals surface area contributed by atoms with Crippen LogP contribution in [0.2, 0.25) is 0 Å². The summed E-state index contributed by atoms with van der Waals surface area (Å²) in [6.45, 7) is 1.70. The Morgan fingerprint density at radius 3 is 2.75 bits per heavy atom. The molecule has 10 heteroatoms. The van der Waals surface area contributed by atoms with Crippen molar-refractivity contribution in [1.82, 2.24) is 14.6 Å². The molecule has 2 aromatic heterocycles. The second-order valence-electron chi connectivity index (χ2n) is 7.25. The van der Waals surface area contributed by atoms with Crippen molar-refractivity contribution in [2.75, 3.05) is 25.0 Å². The summed E-state index contributed by atoms with van der Waals surface area (Å²) in [5.41, 5.74) is 1.14. The Bertz CT molecular complexity index is 893. The summed E-state index contributed by atoms with van der Waals surface area (Å²) in [7, 11) is -3.44. The van der Waals surface area contributed by atoms with Crippen LogP contribution in [-0.2, 0) is 27.7 Å². The minimum absolute atomic E-state index is 0.0521. The van der Waals surface area contributed by atoms with Crippen LogP contribution in [0.1, 0.15) is 36.3 Å². The van der Waals surface area contributed by atoms with Crippen molar-refractivity contribution in [2.45, 2.75) is 48.8 Å². The Kier molecular flexibility index (Phi) is 6.12. The van der Waals surface area contributed by atoms with Gasteiger partial charge >= 0.3 is 0 Å². The quantitative estimate of drug-likeness (QED) is 0.720. The molecule has 0 bridgehead atoms. The van der Waals surface area contributed by atoms with Gasteiger partial charge in [-0.2, -0.15) is 0 Å². The maximum atomic E-state index is 12.4. The van der Waals surface area contributed by atoms with E-state index in [9.17, 15) is 13.2 Å². The number of hydrogen-bond donors (Lipinski definition) is 2. The highest BCUT2D eigenvalue weighted by Gasteiger charge is 2.26. The summed E-state index contributed by atoms with van der Waals surface area (Å²) >= 11 is 2.81. The first kappa shape index (κ1) is 20.0. The molecule has 0 saturated carbocycles. The van der Waals surface area contributed by atoms with Crippen LogP contribution in [0.15, 0.2) is 21.7 Å². The topological polar surface area (TPSA) is 91.4 Å². The normalized spacial score (nSPS) is 18.7. The van der Waals surface area contributed by atoms with Crippen LogP contribution >= 0.6 is 22.7 Å². The van der Waals surface area contributed by atoms with E-state index in [1.807, 2.05) is 0 Å². The first-order valence-corrected chi connectivity index (χ1v) is 12.7. The van der Waals surface area contributed by atoms with Gasteiger partial charge in [0.2, 0.25) is 15.9 Å². The van der Waals surface area contributed by atoms with Crippen molar-refractivity contribution in [1.29, 1.82) is 0 Å². The molecule has 0 radical (unpaired) electrons. The highest BCUT2D eigenvalue weighted by atomic mass is 32.2. The second-order valence-corrected chi connectivity index (χ2v) is 11.2. The molecule has 152 valence electrons. The fourth-order valence-electron chi connectivity index (χ4n) is 3.67. The van der Waals surface area contributed by atoms with E-state index in [1.165, 1.54) is 29.1 Å². The molecule has 1 aliphatic heterocycles. The van der Waals surface area contributed by atoms with Gasteiger partial charge in [-0.1, -0.05) is 6.07 Å². The number of rotatable bonds is 6. The molecule has 0 unspecified atom stereocenters. The average Bonchev–Trinajstić information content (AvgIpc) is 3.32. The number of aryl methyl sites for hydroxylation is 2. The number of likely N-dealkylation sites (tertiary alicyclic amines) is 1. The molecule has 7 nitrogen and oxygen atoms in total. The maximum Gasteiger partial charge on any atom is 0.250 e. The number of nitrogens with zero attached hydrogens (tertiary/aromatic N) is 2. The van der Waals surface area contributed by atoms with E-state index in [-0.39, 0.29) is 11.9 Å². The minimum atomic E-state index is -3.44. The lowest BCUT2D eigenvalue weighted by atomic mass is 10.0. The number of aromatic nitrogens is 1. The lowest BCUT2D eigenvalue weighted by molar-refractivity contribution is -0.117. The zero-order valence-corrected chi connectivity index (χ0v) is 18.0. The van der Waals surface area contributed by atoms with E-state index in [1.54, 1.807) is 28.8 Å². The van der Waals surface area contributed by atoms with E-state index in [2.05, 4.69) is 19.9 Å². The smallest absolute Gasteiger partial charge is 0.250 e. The molecule has 1 aliphatic carbocycles.